The lowest BCUT2D eigenvalue weighted by Crippen LogP contribution is -2.39. The molecule has 1 aliphatic rings. The fourth-order valence-electron chi connectivity index (χ4n) is 3.49. The molecular weight excluding hydrogens is 337 g/mol. The molecule has 0 spiro atoms. The summed E-state index contributed by atoms with van der Waals surface area (Å²) in [5.74, 6) is 0.542. The van der Waals surface area contributed by atoms with Crippen molar-refractivity contribution in [2.75, 3.05) is 6.54 Å². The Morgan fingerprint density at radius 3 is 3.12 bits per heavy atom. The van der Waals surface area contributed by atoms with Gasteiger partial charge in [-0.3, -0.25) is 4.79 Å². The Hall–Kier alpha value is -2.84. The molecular formula is C17H20FN7O. The highest BCUT2D eigenvalue weighted by molar-refractivity contribution is 5.78. The van der Waals surface area contributed by atoms with Crippen LogP contribution in [0.5, 0.6) is 0 Å². The number of nitrogens with zero attached hydrogens (tertiary/aromatic N) is 6. The van der Waals surface area contributed by atoms with Crippen molar-refractivity contribution in [1.82, 2.24) is 35.1 Å². The number of H-pyrrole nitrogens is 1. The smallest absolute Gasteiger partial charge is 0.223 e. The van der Waals surface area contributed by atoms with Gasteiger partial charge in [0.1, 0.15) is 18.0 Å². The number of likely N-dealkylation sites (tertiary alicyclic amines) is 1. The molecule has 1 saturated heterocycles. The molecule has 26 heavy (non-hydrogen) atoms. The van der Waals surface area contributed by atoms with E-state index in [9.17, 15) is 9.18 Å². The molecule has 1 amide bonds. The summed E-state index contributed by atoms with van der Waals surface area (Å²) in [6.45, 7) is 1.33. The number of imidazole rings is 1. The number of aromatic nitrogens is 6. The van der Waals surface area contributed by atoms with Crippen LogP contribution in [0.2, 0.25) is 0 Å². The average molecular weight is 357 g/mol. The van der Waals surface area contributed by atoms with Crippen LogP contribution >= 0.6 is 0 Å². The Balaban J connectivity index is 1.47. The molecule has 3 aromatic rings. The Bertz CT molecular complexity index is 892. The number of carbonyl (C=O) groups is 1. The quantitative estimate of drug-likeness (QED) is 0.756. The van der Waals surface area contributed by atoms with Crippen LogP contribution in [0.15, 0.2) is 24.5 Å². The monoisotopic (exact) mass is 357 g/mol. The number of fused-ring (bicyclic) bond motifs is 1. The fraction of sp³-hybridized carbons (Fsp3) is 0.471. The van der Waals surface area contributed by atoms with Gasteiger partial charge in [-0.05, 0) is 54.3 Å². The van der Waals surface area contributed by atoms with E-state index in [1.165, 1.54) is 12.1 Å². The molecule has 0 unspecified atom stereocenters. The Morgan fingerprint density at radius 1 is 1.35 bits per heavy atom. The van der Waals surface area contributed by atoms with Gasteiger partial charge in [0.05, 0.1) is 17.1 Å². The number of piperidine rings is 1. The standard InChI is InChI=1S/C17H20FN7O/c18-12-6-7-13-14(10-12)21-17(20-13)15-4-1-2-9-25(15)16(26)5-3-8-24-11-19-22-23-24/h6-7,10-11,15H,1-5,8-9H2,(H,20,21)/t15-/m1/s1. The SMILES string of the molecule is O=C(CCCn1cnnn1)N1CCCC[C@@H]1c1nc2ccc(F)cc2[nH]1. The second-order valence-electron chi connectivity index (χ2n) is 6.56. The van der Waals surface area contributed by atoms with Crippen molar-refractivity contribution in [2.45, 2.75) is 44.7 Å². The highest BCUT2D eigenvalue weighted by Crippen LogP contribution is 2.31. The van der Waals surface area contributed by atoms with Gasteiger partial charge >= 0.3 is 0 Å². The van der Waals surface area contributed by atoms with E-state index < -0.39 is 0 Å². The van der Waals surface area contributed by atoms with Crippen molar-refractivity contribution in [3.8, 4) is 0 Å². The zero-order chi connectivity index (χ0) is 17.9. The van der Waals surface area contributed by atoms with E-state index in [-0.39, 0.29) is 17.8 Å². The highest BCUT2D eigenvalue weighted by Gasteiger charge is 2.29. The molecule has 0 aliphatic carbocycles. The molecule has 0 bridgehead atoms. The summed E-state index contributed by atoms with van der Waals surface area (Å²) in [6, 6.07) is 4.41. The van der Waals surface area contributed by atoms with Gasteiger partial charge in [-0.2, -0.15) is 0 Å². The molecule has 1 N–H and O–H groups in total. The minimum Gasteiger partial charge on any atom is -0.340 e. The van der Waals surface area contributed by atoms with Gasteiger partial charge in [0.2, 0.25) is 5.91 Å². The molecule has 4 rings (SSSR count). The maximum Gasteiger partial charge on any atom is 0.223 e. The zero-order valence-electron chi connectivity index (χ0n) is 14.3. The van der Waals surface area contributed by atoms with Crippen molar-refractivity contribution < 1.29 is 9.18 Å². The van der Waals surface area contributed by atoms with Gasteiger partial charge in [-0.15, -0.1) is 5.10 Å². The molecule has 136 valence electrons. The van der Waals surface area contributed by atoms with Gasteiger partial charge in [-0.25, -0.2) is 14.1 Å². The summed E-state index contributed by atoms with van der Waals surface area (Å²) >= 11 is 0. The largest absolute Gasteiger partial charge is 0.340 e. The lowest BCUT2D eigenvalue weighted by molar-refractivity contribution is -0.135. The number of aromatic amines is 1. The summed E-state index contributed by atoms with van der Waals surface area (Å²) in [7, 11) is 0. The number of aryl methyl sites for hydroxylation is 1. The Morgan fingerprint density at radius 2 is 2.27 bits per heavy atom. The molecule has 1 fully saturated rings. The number of rotatable bonds is 5. The lowest BCUT2D eigenvalue weighted by Gasteiger charge is -2.34. The molecule has 2 aromatic heterocycles. The van der Waals surface area contributed by atoms with Crippen molar-refractivity contribution in [3.63, 3.8) is 0 Å². The number of halogens is 1. The Kier molecular flexibility index (Phi) is 4.59. The van der Waals surface area contributed by atoms with E-state index in [4.69, 9.17) is 0 Å². The minimum atomic E-state index is -0.299. The third kappa shape index (κ3) is 3.42. The first-order valence-corrected chi connectivity index (χ1v) is 8.86. The molecule has 0 saturated carbocycles. The zero-order valence-corrected chi connectivity index (χ0v) is 14.3. The second-order valence-corrected chi connectivity index (χ2v) is 6.56. The summed E-state index contributed by atoms with van der Waals surface area (Å²) in [5, 5.41) is 11.0. The van der Waals surface area contributed by atoms with E-state index >= 15 is 0 Å². The first kappa shape index (κ1) is 16.6. The summed E-state index contributed by atoms with van der Waals surface area (Å²) < 4.78 is 15.0. The van der Waals surface area contributed by atoms with E-state index in [2.05, 4.69) is 25.5 Å². The van der Waals surface area contributed by atoms with Crippen LogP contribution in [-0.4, -0.2) is 47.5 Å². The first-order chi connectivity index (χ1) is 12.7. The average Bonchev–Trinajstić information content (AvgIpc) is 3.30. The van der Waals surface area contributed by atoms with Crippen molar-refractivity contribution in [1.29, 1.82) is 0 Å². The number of carbonyl (C=O) groups excluding carboxylic acids is 1. The number of nitrogens with one attached hydrogen (secondary N) is 1. The molecule has 1 atom stereocenters. The summed E-state index contributed by atoms with van der Waals surface area (Å²) in [4.78, 5) is 22.4. The highest BCUT2D eigenvalue weighted by atomic mass is 19.1. The predicted octanol–water partition coefficient (Wildman–Crippen LogP) is 2.22. The van der Waals surface area contributed by atoms with E-state index in [1.54, 1.807) is 17.1 Å². The molecule has 8 nitrogen and oxygen atoms in total. The van der Waals surface area contributed by atoms with Crippen LogP contribution in [0.4, 0.5) is 4.39 Å². The topological polar surface area (TPSA) is 92.6 Å². The maximum atomic E-state index is 13.4. The van der Waals surface area contributed by atoms with Gasteiger partial charge in [0, 0.05) is 19.5 Å². The molecule has 9 heteroatoms. The Labute approximate surface area is 149 Å². The van der Waals surface area contributed by atoms with Crippen molar-refractivity contribution in [3.05, 3.63) is 36.2 Å². The fourth-order valence-corrected chi connectivity index (χ4v) is 3.49. The van der Waals surface area contributed by atoms with Crippen LogP contribution < -0.4 is 0 Å². The van der Waals surface area contributed by atoms with Crippen LogP contribution in [-0.2, 0) is 11.3 Å². The summed E-state index contributed by atoms with van der Waals surface area (Å²) in [6.07, 6.45) is 5.56. The van der Waals surface area contributed by atoms with Gasteiger partial charge in [0.25, 0.3) is 0 Å². The van der Waals surface area contributed by atoms with Gasteiger partial charge < -0.3 is 9.88 Å². The van der Waals surface area contributed by atoms with Crippen LogP contribution in [0.3, 0.4) is 0 Å². The number of hydrogen-bond donors (Lipinski definition) is 1. The van der Waals surface area contributed by atoms with E-state index in [1.807, 2.05) is 4.90 Å². The maximum absolute atomic E-state index is 13.4. The van der Waals surface area contributed by atoms with Gasteiger partial charge in [-0.1, -0.05) is 0 Å². The van der Waals surface area contributed by atoms with Crippen molar-refractivity contribution >= 4 is 16.9 Å². The number of benzene rings is 1. The van der Waals surface area contributed by atoms with E-state index in [0.29, 0.717) is 24.9 Å². The second kappa shape index (κ2) is 7.19. The number of amides is 1. The molecule has 3 heterocycles. The third-order valence-electron chi connectivity index (χ3n) is 4.77. The number of tetrazole rings is 1. The van der Waals surface area contributed by atoms with Gasteiger partial charge in [0.15, 0.2) is 0 Å². The third-order valence-corrected chi connectivity index (χ3v) is 4.77. The van der Waals surface area contributed by atoms with Crippen LogP contribution in [0.1, 0.15) is 44.0 Å². The van der Waals surface area contributed by atoms with Crippen LogP contribution in [0, 0.1) is 5.82 Å². The van der Waals surface area contributed by atoms with Crippen molar-refractivity contribution in [2.24, 2.45) is 0 Å². The lowest BCUT2D eigenvalue weighted by atomic mass is 10.0. The molecule has 1 aliphatic heterocycles. The molecule has 0 radical (unpaired) electrons. The molecule has 1 aromatic carbocycles. The first-order valence-electron chi connectivity index (χ1n) is 8.86. The minimum absolute atomic E-state index is 0.0836. The number of hydrogen-bond acceptors (Lipinski definition) is 5. The van der Waals surface area contributed by atoms with Crippen LogP contribution in [0.25, 0.3) is 11.0 Å². The normalized spacial score (nSPS) is 17.7. The summed E-state index contributed by atoms with van der Waals surface area (Å²) in [5.41, 5.74) is 1.38. The van der Waals surface area contributed by atoms with E-state index in [0.717, 1.165) is 37.1 Å². The predicted molar refractivity (Wildman–Crippen MR) is 91.4 cm³/mol.